The zero-order valence-electron chi connectivity index (χ0n) is 13.7. The Morgan fingerprint density at radius 1 is 1.36 bits per heavy atom. The summed E-state index contributed by atoms with van der Waals surface area (Å²) < 4.78 is 7.26. The molecule has 0 bridgehead atoms. The maximum Gasteiger partial charge on any atom is 0.357 e. The Balaban J connectivity index is 2.45. The van der Waals surface area contributed by atoms with Crippen LogP contribution in [0, 0.1) is 4.77 Å². The van der Waals surface area contributed by atoms with Crippen molar-refractivity contribution in [3.8, 4) is 0 Å². The lowest BCUT2D eigenvalue weighted by molar-refractivity contribution is 0.0587. The van der Waals surface area contributed by atoms with E-state index in [0.717, 1.165) is 11.6 Å². The van der Waals surface area contributed by atoms with E-state index in [1.807, 2.05) is 36.4 Å². The van der Waals surface area contributed by atoms with Gasteiger partial charge in [0, 0.05) is 18.8 Å². The van der Waals surface area contributed by atoms with E-state index in [4.69, 9.17) is 17.0 Å². The van der Waals surface area contributed by atoms with E-state index in [2.05, 4.69) is 11.7 Å². The van der Waals surface area contributed by atoms with Gasteiger partial charge in [0.1, 0.15) is 0 Å². The van der Waals surface area contributed by atoms with Crippen molar-refractivity contribution in [3.63, 3.8) is 0 Å². The number of benzene rings is 1. The van der Waals surface area contributed by atoms with Crippen molar-refractivity contribution in [3.05, 3.63) is 81.5 Å². The number of methoxy groups -OCH3 is 1. The average molecular weight is 355 g/mol. The van der Waals surface area contributed by atoms with Gasteiger partial charge in [0.25, 0.3) is 5.56 Å². The lowest BCUT2D eigenvalue weighted by atomic mass is 10.2. The first-order valence-electron chi connectivity index (χ1n) is 7.40. The maximum atomic E-state index is 12.1. The third-order valence-electron chi connectivity index (χ3n) is 3.23. The van der Waals surface area contributed by atoms with Crippen molar-refractivity contribution < 1.29 is 9.53 Å². The monoisotopic (exact) mass is 355 g/mol. The Labute approximate surface area is 150 Å². The number of nitrogens with zero attached hydrogens (tertiary/aromatic N) is 3. The Bertz CT molecular complexity index is 940. The summed E-state index contributed by atoms with van der Waals surface area (Å²) in [7, 11) is 1.23. The van der Waals surface area contributed by atoms with Gasteiger partial charge in [-0.3, -0.25) is 9.36 Å². The molecule has 0 amide bonds. The Hall–Kier alpha value is -3.06. The maximum absolute atomic E-state index is 12.1. The summed E-state index contributed by atoms with van der Waals surface area (Å²) >= 11 is 5.28. The number of carbonyl (C=O) groups is 1. The third kappa shape index (κ3) is 4.48. The molecule has 0 aliphatic carbocycles. The van der Waals surface area contributed by atoms with E-state index >= 15 is 0 Å². The normalized spacial score (nSPS) is 11.1. The Morgan fingerprint density at radius 3 is 2.72 bits per heavy atom. The van der Waals surface area contributed by atoms with Crippen molar-refractivity contribution in [2.24, 2.45) is 5.10 Å². The molecular formula is C18H17N3O3S. The van der Waals surface area contributed by atoms with Crippen LogP contribution in [-0.4, -0.2) is 28.5 Å². The van der Waals surface area contributed by atoms with Gasteiger partial charge in [0.15, 0.2) is 5.69 Å². The van der Waals surface area contributed by atoms with Crippen molar-refractivity contribution in [2.45, 2.75) is 6.54 Å². The summed E-state index contributed by atoms with van der Waals surface area (Å²) in [6.07, 6.45) is 6.59. The van der Waals surface area contributed by atoms with Crippen LogP contribution in [0.15, 0.2) is 65.0 Å². The molecule has 0 N–H and O–H groups in total. The van der Waals surface area contributed by atoms with Gasteiger partial charge in [-0.05, 0) is 23.9 Å². The predicted molar refractivity (Wildman–Crippen MR) is 100 cm³/mol. The van der Waals surface area contributed by atoms with E-state index in [1.54, 1.807) is 12.2 Å². The Morgan fingerprint density at radius 2 is 2.08 bits per heavy atom. The van der Waals surface area contributed by atoms with Crippen molar-refractivity contribution >= 4 is 30.5 Å². The van der Waals surface area contributed by atoms with Crippen molar-refractivity contribution in [2.75, 3.05) is 7.11 Å². The highest BCUT2D eigenvalue weighted by atomic mass is 32.1. The minimum atomic E-state index is -0.696. The molecule has 0 saturated carbocycles. The van der Waals surface area contributed by atoms with E-state index in [1.165, 1.54) is 22.6 Å². The van der Waals surface area contributed by atoms with E-state index in [-0.39, 0.29) is 17.0 Å². The zero-order valence-corrected chi connectivity index (χ0v) is 14.5. The zero-order chi connectivity index (χ0) is 18.2. The summed E-state index contributed by atoms with van der Waals surface area (Å²) in [5.41, 5.74) is 0.543. The highest BCUT2D eigenvalue weighted by molar-refractivity contribution is 7.71. The lowest BCUT2D eigenvalue weighted by Gasteiger charge is -2.10. The second-order valence-electron chi connectivity index (χ2n) is 4.89. The highest BCUT2D eigenvalue weighted by Gasteiger charge is 2.15. The van der Waals surface area contributed by atoms with Gasteiger partial charge in [0.05, 0.1) is 7.11 Å². The molecule has 2 rings (SSSR count). The van der Waals surface area contributed by atoms with Gasteiger partial charge in [-0.2, -0.15) is 9.78 Å². The molecule has 0 radical (unpaired) electrons. The molecule has 0 atom stereocenters. The number of hydrogen-bond acceptors (Lipinski definition) is 5. The number of ether oxygens (including phenoxy) is 1. The molecule has 0 spiro atoms. The van der Waals surface area contributed by atoms with Crippen LogP contribution in [0.1, 0.15) is 16.1 Å². The molecule has 6 nitrogen and oxygen atoms in total. The number of carbonyl (C=O) groups excluding carboxylic acids is 1. The number of allylic oxidation sites excluding steroid dienone is 2. The molecule has 25 heavy (non-hydrogen) atoms. The summed E-state index contributed by atoms with van der Waals surface area (Å²) in [4.78, 5) is 24.0. The SMILES string of the molecule is C=CCn1c(=O)cc(C(=O)OC)n(/N=C/C=C/c2ccccc2)c1=S. The van der Waals surface area contributed by atoms with Crippen LogP contribution in [0.5, 0.6) is 0 Å². The molecule has 0 unspecified atom stereocenters. The van der Waals surface area contributed by atoms with Crippen LogP contribution in [-0.2, 0) is 11.3 Å². The summed E-state index contributed by atoms with van der Waals surface area (Å²) in [6, 6.07) is 10.8. The molecule has 1 aromatic heterocycles. The lowest BCUT2D eigenvalue weighted by Crippen LogP contribution is -2.27. The largest absolute Gasteiger partial charge is 0.464 e. The van der Waals surface area contributed by atoms with Crippen LogP contribution in [0.2, 0.25) is 0 Å². The Kier molecular flexibility index (Phi) is 6.36. The molecule has 0 aliphatic rings. The van der Waals surface area contributed by atoms with E-state index < -0.39 is 11.5 Å². The molecule has 128 valence electrons. The first-order valence-corrected chi connectivity index (χ1v) is 7.81. The first-order chi connectivity index (χ1) is 12.1. The smallest absolute Gasteiger partial charge is 0.357 e. The fourth-order valence-corrected chi connectivity index (χ4v) is 2.36. The van der Waals surface area contributed by atoms with Crippen LogP contribution < -0.4 is 5.56 Å². The van der Waals surface area contributed by atoms with Gasteiger partial charge in [-0.1, -0.05) is 42.5 Å². The number of aromatic nitrogens is 2. The second kappa shape index (κ2) is 8.70. The van der Waals surface area contributed by atoms with E-state index in [0.29, 0.717) is 0 Å². The molecule has 1 aromatic carbocycles. The molecule has 0 fully saturated rings. The topological polar surface area (TPSA) is 65.6 Å². The summed E-state index contributed by atoms with van der Waals surface area (Å²) in [5.74, 6) is -0.696. The number of hydrogen-bond donors (Lipinski definition) is 0. The van der Waals surface area contributed by atoms with Gasteiger partial charge >= 0.3 is 5.97 Å². The predicted octanol–water partition coefficient (Wildman–Crippen LogP) is 2.90. The molecule has 0 saturated heterocycles. The quantitative estimate of drug-likeness (QED) is 0.346. The highest BCUT2D eigenvalue weighted by Crippen LogP contribution is 2.04. The summed E-state index contributed by atoms with van der Waals surface area (Å²) in [6.45, 7) is 3.81. The fraction of sp³-hybridized carbons (Fsp3) is 0.111. The van der Waals surface area contributed by atoms with Crippen LogP contribution >= 0.6 is 12.2 Å². The van der Waals surface area contributed by atoms with Gasteiger partial charge in [-0.15, -0.1) is 6.58 Å². The molecule has 0 aliphatic heterocycles. The van der Waals surface area contributed by atoms with Gasteiger partial charge < -0.3 is 4.74 Å². The minimum Gasteiger partial charge on any atom is -0.464 e. The van der Waals surface area contributed by atoms with Gasteiger partial charge in [0.2, 0.25) is 4.77 Å². The van der Waals surface area contributed by atoms with Crippen LogP contribution in [0.25, 0.3) is 6.08 Å². The van der Waals surface area contributed by atoms with Gasteiger partial charge in [-0.25, -0.2) is 4.79 Å². The summed E-state index contributed by atoms with van der Waals surface area (Å²) in [5, 5.41) is 4.18. The molecule has 1 heterocycles. The first kappa shape index (κ1) is 18.3. The molecule has 2 aromatic rings. The number of esters is 1. The van der Waals surface area contributed by atoms with Crippen molar-refractivity contribution in [1.82, 2.24) is 9.24 Å². The van der Waals surface area contributed by atoms with Crippen LogP contribution in [0.3, 0.4) is 0 Å². The average Bonchev–Trinajstić information content (AvgIpc) is 2.63. The molecule has 7 heteroatoms. The standard InChI is InChI=1S/C18H17N3O3S/c1-3-12-20-16(22)13-15(17(23)24-2)21(18(20)25)19-11-7-10-14-8-5-4-6-9-14/h3-11,13H,1,12H2,2H3/b10-7+,19-11+. The fourth-order valence-electron chi connectivity index (χ4n) is 2.05. The van der Waals surface area contributed by atoms with Crippen molar-refractivity contribution in [1.29, 1.82) is 0 Å². The van der Waals surface area contributed by atoms with Crippen LogP contribution in [0.4, 0.5) is 0 Å². The molecular weight excluding hydrogens is 338 g/mol. The third-order valence-corrected chi connectivity index (χ3v) is 3.62. The van der Waals surface area contributed by atoms with E-state index in [9.17, 15) is 9.59 Å². The second-order valence-corrected chi connectivity index (χ2v) is 5.25. The minimum absolute atomic E-state index is 0.0397. The number of rotatable bonds is 6.